The highest BCUT2D eigenvalue weighted by Gasteiger charge is 2.27. The molecule has 0 spiro atoms. The van der Waals surface area contributed by atoms with E-state index in [1.54, 1.807) is 30.6 Å². The maximum atomic E-state index is 14.4. The van der Waals surface area contributed by atoms with Gasteiger partial charge < -0.3 is 15.4 Å². The molecule has 2 N–H and O–H groups in total. The van der Waals surface area contributed by atoms with E-state index >= 15 is 0 Å². The van der Waals surface area contributed by atoms with E-state index in [0.717, 1.165) is 16.0 Å². The van der Waals surface area contributed by atoms with Crippen LogP contribution in [-0.2, 0) is 0 Å². The van der Waals surface area contributed by atoms with Crippen LogP contribution in [0, 0.1) is 5.82 Å². The van der Waals surface area contributed by atoms with E-state index in [1.165, 1.54) is 23.5 Å². The van der Waals surface area contributed by atoms with Gasteiger partial charge in [0.2, 0.25) is 5.95 Å². The molecule has 0 bridgehead atoms. The maximum absolute atomic E-state index is 14.4. The molecule has 6 nitrogen and oxygen atoms in total. The second-order valence-electron chi connectivity index (χ2n) is 7.24. The van der Waals surface area contributed by atoms with Gasteiger partial charge >= 0.3 is 0 Å². The number of hydrogen-bond donors (Lipinski definition) is 2. The SMILES string of the molecule is Fc1cccc(Nc2ncc3cc(-c4nccs4)c(OC4CCNCC4F)cc3n2)c1. The van der Waals surface area contributed by atoms with Gasteiger partial charge in [-0.05, 0) is 37.2 Å². The van der Waals surface area contributed by atoms with Crippen molar-refractivity contribution in [3.05, 3.63) is 60.0 Å². The lowest BCUT2D eigenvalue weighted by atomic mass is 10.1. The zero-order valence-electron chi connectivity index (χ0n) is 16.4. The van der Waals surface area contributed by atoms with Gasteiger partial charge in [-0.15, -0.1) is 11.3 Å². The summed E-state index contributed by atoms with van der Waals surface area (Å²) in [5, 5.41) is 9.50. The Morgan fingerprint density at radius 3 is 2.94 bits per heavy atom. The predicted molar refractivity (Wildman–Crippen MR) is 117 cm³/mol. The predicted octanol–water partition coefficient (Wildman–Crippen LogP) is 4.71. The zero-order valence-corrected chi connectivity index (χ0v) is 17.2. The molecule has 3 heterocycles. The lowest BCUT2D eigenvalue weighted by Gasteiger charge is -2.28. The lowest BCUT2D eigenvalue weighted by Crippen LogP contribution is -2.44. The van der Waals surface area contributed by atoms with Crippen LogP contribution in [0.3, 0.4) is 0 Å². The first kappa shape index (κ1) is 19.8. The summed E-state index contributed by atoms with van der Waals surface area (Å²) in [6.07, 6.45) is 2.35. The Labute approximate surface area is 181 Å². The average molecular weight is 439 g/mol. The quantitative estimate of drug-likeness (QED) is 0.469. The summed E-state index contributed by atoms with van der Waals surface area (Å²) in [7, 11) is 0. The third-order valence-corrected chi connectivity index (χ3v) is 5.86. The topological polar surface area (TPSA) is 72.0 Å². The van der Waals surface area contributed by atoms with Crippen molar-refractivity contribution in [2.45, 2.75) is 18.7 Å². The Morgan fingerprint density at radius 2 is 2.13 bits per heavy atom. The fraction of sp³-hybridized carbons (Fsp3) is 0.227. The molecule has 1 aliphatic heterocycles. The molecule has 2 aromatic heterocycles. The van der Waals surface area contributed by atoms with Gasteiger partial charge in [0, 0.05) is 41.5 Å². The Kier molecular flexibility index (Phi) is 5.44. The fourth-order valence-electron chi connectivity index (χ4n) is 3.53. The van der Waals surface area contributed by atoms with Crippen molar-refractivity contribution >= 4 is 33.9 Å². The Hall–Kier alpha value is -3.17. The number of piperidine rings is 1. The van der Waals surface area contributed by atoms with Crippen LogP contribution in [0.15, 0.2) is 54.2 Å². The van der Waals surface area contributed by atoms with E-state index in [4.69, 9.17) is 4.74 Å². The van der Waals surface area contributed by atoms with Crippen molar-refractivity contribution in [3.63, 3.8) is 0 Å². The van der Waals surface area contributed by atoms with Crippen molar-refractivity contribution in [1.29, 1.82) is 0 Å². The van der Waals surface area contributed by atoms with Gasteiger partial charge in [0.05, 0.1) is 11.1 Å². The Balaban J connectivity index is 1.52. The number of nitrogens with one attached hydrogen (secondary N) is 2. The number of thiazole rings is 1. The molecule has 5 rings (SSSR count). The van der Waals surface area contributed by atoms with Gasteiger partial charge in [-0.3, -0.25) is 0 Å². The fourth-order valence-corrected chi connectivity index (χ4v) is 4.19. The maximum Gasteiger partial charge on any atom is 0.227 e. The van der Waals surface area contributed by atoms with E-state index in [0.29, 0.717) is 35.9 Å². The second kappa shape index (κ2) is 8.52. The monoisotopic (exact) mass is 439 g/mol. The summed E-state index contributed by atoms with van der Waals surface area (Å²) in [6, 6.07) is 9.77. The lowest BCUT2D eigenvalue weighted by molar-refractivity contribution is 0.0737. The minimum atomic E-state index is -1.09. The second-order valence-corrected chi connectivity index (χ2v) is 8.13. The summed E-state index contributed by atoms with van der Waals surface area (Å²) in [5.74, 6) is 0.515. The van der Waals surface area contributed by atoms with Crippen molar-refractivity contribution in [2.24, 2.45) is 0 Å². The van der Waals surface area contributed by atoms with Crippen LogP contribution in [0.4, 0.5) is 20.4 Å². The highest BCUT2D eigenvalue weighted by Crippen LogP contribution is 2.36. The van der Waals surface area contributed by atoms with Gasteiger partial charge in [-0.25, -0.2) is 23.7 Å². The number of aromatic nitrogens is 3. The van der Waals surface area contributed by atoms with Crippen LogP contribution in [0.2, 0.25) is 0 Å². The summed E-state index contributed by atoms with van der Waals surface area (Å²) < 4.78 is 34.0. The first-order valence-electron chi connectivity index (χ1n) is 9.90. The summed E-state index contributed by atoms with van der Waals surface area (Å²) >= 11 is 1.48. The van der Waals surface area contributed by atoms with Crippen molar-refractivity contribution in [1.82, 2.24) is 20.3 Å². The van der Waals surface area contributed by atoms with Crippen LogP contribution in [0.5, 0.6) is 5.75 Å². The molecule has 158 valence electrons. The number of benzene rings is 2. The molecule has 0 aliphatic carbocycles. The van der Waals surface area contributed by atoms with Crippen LogP contribution in [0.1, 0.15) is 6.42 Å². The van der Waals surface area contributed by atoms with Crippen molar-refractivity contribution < 1.29 is 13.5 Å². The molecule has 31 heavy (non-hydrogen) atoms. The smallest absolute Gasteiger partial charge is 0.227 e. The van der Waals surface area contributed by atoms with Crippen molar-refractivity contribution in [3.8, 4) is 16.3 Å². The average Bonchev–Trinajstić information content (AvgIpc) is 3.30. The normalized spacial score (nSPS) is 18.8. The van der Waals surface area contributed by atoms with Crippen LogP contribution in [-0.4, -0.2) is 40.3 Å². The number of nitrogens with zero attached hydrogens (tertiary/aromatic N) is 3. The molecular weight excluding hydrogens is 420 g/mol. The minimum Gasteiger partial charge on any atom is -0.486 e. The number of halogens is 2. The molecule has 2 aromatic carbocycles. The summed E-state index contributed by atoms with van der Waals surface area (Å²) in [5.41, 5.74) is 1.96. The molecule has 0 saturated carbocycles. The van der Waals surface area contributed by atoms with E-state index in [2.05, 4.69) is 25.6 Å². The number of anilines is 2. The first-order chi connectivity index (χ1) is 15.2. The standard InChI is InChI=1S/C22H19F2N5OS/c23-14-2-1-3-15(9-14)28-22-27-11-13-8-16(21-26-6-7-31-21)20(10-18(13)29-22)30-19-4-5-25-12-17(19)24/h1-3,6-11,17,19,25H,4-5,12H2,(H,27,28,29). The van der Waals surface area contributed by atoms with E-state index in [-0.39, 0.29) is 12.4 Å². The third kappa shape index (κ3) is 4.33. The first-order valence-corrected chi connectivity index (χ1v) is 10.8. The van der Waals surface area contributed by atoms with Crippen LogP contribution >= 0.6 is 11.3 Å². The molecule has 9 heteroatoms. The highest BCUT2D eigenvalue weighted by molar-refractivity contribution is 7.13. The van der Waals surface area contributed by atoms with Gasteiger partial charge in [0.1, 0.15) is 28.8 Å². The Bertz CT molecular complexity index is 1200. The number of fused-ring (bicyclic) bond motifs is 1. The number of ether oxygens (including phenoxy) is 1. The molecule has 1 fully saturated rings. The molecule has 1 aliphatic rings. The number of rotatable bonds is 5. The summed E-state index contributed by atoms with van der Waals surface area (Å²) in [6.45, 7) is 0.976. The van der Waals surface area contributed by atoms with Crippen LogP contribution in [0.25, 0.3) is 21.5 Å². The van der Waals surface area contributed by atoms with Gasteiger partial charge in [0.25, 0.3) is 0 Å². The number of hydrogen-bond acceptors (Lipinski definition) is 7. The van der Waals surface area contributed by atoms with Crippen molar-refractivity contribution in [2.75, 3.05) is 18.4 Å². The van der Waals surface area contributed by atoms with Gasteiger partial charge in [0.15, 0.2) is 0 Å². The molecule has 4 aromatic rings. The largest absolute Gasteiger partial charge is 0.486 e. The summed E-state index contributed by atoms with van der Waals surface area (Å²) in [4.78, 5) is 13.3. The molecule has 0 radical (unpaired) electrons. The van der Waals surface area contributed by atoms with Gasteiger partial charge in [-0.1, -0.05) is 6.07 Å². The minimum absolute atomic E-state index is 0.273. The molecular formula is C22H19F2N5OS. The molecule has 0 amide bonds. The zero-order chi connectivity index (χ0) is 21.2. The molecule has 2 atom stereocenters. The molecule has 1 saturated heterocycles. The van der Waals surface area contributed by atoms with Gasteiger partial charge in [-0.2, -0.15) is 0 Å². The van der Waals surface area contributed by atoms with Crippen LogP contribution < -0.4 is 15.4 Å². The molecule has 2 unspecified atom stereocenters. The Morgan fingerprint density at radius 1 is 1.19 bits per heavy atom. The third-order valence-electron chi connectivity index (χ3n) is 5.05. The van der Waals surface area contributed by atoms with E-state index in [9.17, 15) is 8.78 Å². The van der Waals surface area contributed by atoms with E-state index < -0.39 is 12.3 Å². The number of alkyl halides is 1. The highest BCUT2D eigenvalue weighted by atomic mass is 32.1. The van der Waals surface area contributed by atoms with E-state index in [1.807, 2.05) is 11.4 Å².